The molecule has 0 radical (unpaired) electrons. The molecular weight excluding hydrogens is 300 g/mol. The smallest absolute Gasteiger partial charge is 0.124 e. The lowest BCUT2D eigenvalue weighted by molar-refractivity contribution is 0.591. The van der Waals surface area contributed by atoms with E-state index in [4.69, 9.17) is 11.6 Å². The van der Waals surface area contributed by atoms with Gasteiger partial charge in [-0.1, -0.05) is 22.9 Å². The van der Waals surface area contributed by atoms with Crippen molar-refractivity contribution in [1.29, 1.82) is 0 Å². The largest absolute Gasteiger partial charge is 0.327 e. The molecule has 1 saturated carbocycles. The van der Waals surface area contributed by atoms with Crippen LogP contribution in [0.3, 0.4) is 0 Å². The van der Waals surface area contributed by atoms with Crippen molar-refractivity contribution in [2.45, 2.75) is 25.8 Å². The number of rotatable bonds is 3. The summed E-state index contributed by atoms with van der Waals surface area (Å²) in [5, 5.41) is 0. The molecular formula is C13H14BrClN2. The quantitative estimate of drug-likeness (QED) is 0.777. The molecule has 0 amide bonds. The fraction of sp³-hybridized carbons (Fsp3) is 0.462. The summed E-state index contributed by atoms with van der Waals surface area (Å²) in [5.74, 6) is 3.12. The summed E-state index contributed by atoms with van der Waals surface area (Å²) in [6.07, 6.45) is 1.33. The number of alkyl halides is 1. The SMILES string of the molecule is CC1CC1Cn1c(CCl)nc2cc(Br)ccc21. The Balaban J connectivity index is 2.06. The molecule has 1 aliphatic carbocycles. The molecule has 0 bridgehead atoms. The van der Waals surface area contributed by atoms with Gasteiger partial charge in [0.2, 0.25) is 0 Å². The predicted octanol–water partition coefficient (Wildman–Crippen LogP) is 4.19. The average molecular weight is 314 g/mol. The lowest BCUT2D eigenvalue weighted by Crippen LogP contribution is -2.04. The van der Waals surface area contributed by atoms with Crippen molar-refractivity contribution in [1.82, 2.24) is 9.55 Å². The van der Waals surface area contributed by atoms with Gasteiger partial charge >= 0.3 is 0 Å². The maximum atomic E-state index is 5.99. The van der Waals surface area contributed by atoms with E-state index in [1.54, 1.807) is 0 Å². The van der Waals surface area contributed by atoms with Crippen molar-refractivity contribution < 1.29 is 0 Å². The van der Waals surface area contributed by atoms with Crippen molar-refractivity contribution in [3.05, 3.63) is 28.5 Å². The van der Waals surface area contributed by atoms with Gasteiger partial charge in [-0.2, -0.15) is 0 Å². The second-order valence-corrected chi connectivity index (χ2v) is 6.06. The van der Waals surface area contributed by atoms with Gasteiger partial charge in [-0.05, 0) is 36.5 Å². The monoisotopic (exact) mass is 312 g/mol. The van der Waals surface area contributed by atoms with E-state index in [0.717, 1.165) is 34.2 Å². The lowest BCUT2D eigenvalue weighted by Gasteiger charge is -2.06. The molecule has 3 rings (SSSR count). The topological polar surface area (TPSA) is 17.8 Å². The Morgan fingerprint density at radius 2 is 2.29 bits per heavy atom. The first kappa shape index (κ1) is 11.5. The number of fused-ring (bicyclic) bond motifs is 1. The highest BCUT2D eigenvalue weighted by molar-refractivity contribution is 9.10. The predicted molar refractivity (Wildman–Crippen MR) is 74.3 cm³/mol. The van der Waals surface area contributed by atoms with E-state index < -0.39 is 0 Å². The van der Waals surface area contributed by atoms with E-state index in [0.29, 0.717) is 5.88 Å². The van der Waals surface area contributed by atoms with Crippen LogP contribution in [0.25, 0.3) is 11.0 Å². The van der Waals surface area contributed by atoms with Crippen LogP contribution in [0.4, 0.5) is 0 Å². The molecule has 0 aliphatic heterocycles. The zero-order chi connectivity index (χ0) is 12.0. The Labute approximate surface area is 114 Å². The standard InChI is InChI=1S/C13H14BrClN2/c1-8-4-9(8)7-17-12-3-2-10(14)5-11(12)16-13(17)6-15/h2-3,5,8-9H,4,6-7H2,1H3. The fourth-order valence-corrected chi connectivity index (χ4v) is 2.90. The molecule has 2 unspecified atom stereocenters. The van der Waals surface area contributed by atoms with Crippen molar-refractivity contribution in [2.75, 3.05) is 0 Å². The Morgan fingerprint density at radius 1 is 1.53 bits per heavy atom. The summed E-state index contributed by atoms with van der Waals surface area (Å²) >= 11 is 9.47. The molecule has 4 heteroatoms. The third-order valence-electron chi connectivity index (χ3n) is 3.60. The highest BCUT2D eigenvalue weighted by Crippen LogP contribution is 2.40. The average Bonchev–Trinajstić information content (AvgIpc) is 2.88. The molecule has 2 aromatic rings. The minimum atomic E-state index is 0.480. The molecule has 1 aliphatic rings. The molecule has 0 spiro atoms. The van der Waals surface area contributed by atoms with Crippen molar-refractivity contribution in [2.24, 2.45) is 11.8 Å². The second-order valence-electron chi connectivity index (χ2n) is 4.88. The number of hydrogen-bond donors (Lipinski definition) is 0. The summed E-state index contributed by atoms with van der Waals surface area (Å²) < 4.78 is 3.35. The van der Waals surface area contributed by atoms with Crippen LogP contribution in [0, 0.1) is 11.8 Å². The van der Waals surface area contributed by atoms with E-state index in [9.17, 15) is 0 Å². The number of halogens is 2. The summed E-state index contributed by atoms with van der Waals surface area (Å²) in [4.78, 5) is 4.60. The Morgan fingerprint density at radius 3 is 2.94 bits per heavy atom. The third kappa shape index (κ3) is 2.11. The van der Waals surface area contributed by atoms with Crippen LogP contribution in [0.2, 0.25) is 0 Å². The van der Waals surface area contributed by atoms with Crippen LogP contribution in [0.5, 0.6) is 0 Å². The molecule has 1 aromatic carbocycles. The van der Waals surface area contributed by atoms with E-state index in [1.807, 2.05) is 0 Å². The maximum absolute atomic E-state index is 5.99. The highest BCUT2D eigenvalue weighted by atomic mass is 79.9. The van der Waals surface area contributed by atoms with Gasteiger partial charge in [0.25, 0.3) is 0 Å². The number of benzene rings is 1. The van der Waals surface area contributed by atoms with E-state index in [1.165, 1.54) is 11.9 Å². The molecule has 1 fully saturated rings. The summed E-state index contributed by atoms with van der Waals surface area (Å²) in [6, 6.07) is 6.24. The van der Waals surface area contributed by atoms with E-state index in [2.05, 4.69) is 50.6 Å². The first-order valence-corrected chi connectivity index (χ1v) is 7.22. The van der Waals surface area contributed by atoms with Gasteiger partial charge in [0.15, 0.2) is 0 Å². The van der Waals surface area contributed by atoms with Gasteiger partial charge in [-0.25, -0.2) is 4.98 Å². The molecule has 1 heterocycles. The molecule has 2 atom stereocenters. The first-order chi connectivity index (χ1) is 8.19. The fourth-order valence-electron chi connectivity index (χ4n) is 2.35. The Bertz CT molecular complexity index is 564. The van der Waals surface area contributed by atoms with Gasteiger partial charge < -0.3 is 4.57 Å². The van der Waals surface area contributed by atoms with Crippen molar-refractivity contribution in [3.8, 4) is 0 Å². The first-order valence-electron chi connectivity index (χ1n) is 5.89. The maximum Gasteiger partial charge on any atom is 0.124 e. The number of imidazole rings is 1. The van der Waals surface area contributed by atoms with Crippen LogP contribution >= 0.6 is 27.5 Å². The zero-order valence-electron chi connectivity index (χ0n) is 9.66. The van der Waals surface area contributed by atoms with Crippen LogP contribution < -0.4 is 0 Å². The van der Waals surface area contributed by atoms with Crippen LogP contribution in [-0.4, -0.2) is 9.55 Å². The minimum Gasteiger partial charge on any atom is -0.327 e. The molecule has 0 saturated heterocycles. The van der Waals surface area contributed by atoms with Crippen LogP contribution in [0.1, 0.15) is 19.2 Å². The Kier molecular flexibility index (Phi) is 2.91. The Hall–Kier alpha value is -0.540. The van der Waals surface area contributed by atoms with Gasteiger partial charge in [-0.3, -0.25) is 0 Å². The second kappa shape index (κ2) is 4.29. The van der Waals surface area contributed by atoms with Crippen molar-refractivity contribution in [3.63, 3.8) is 0 Å². The summed E-state index contributed by atoms with van der Waals surface area (Å²) in [7, 11) is 0. The molecule has 0 N–H and O–H groups in total. The van der Waals surface area contributed by atoms with Gasteiger partial charge in [-0.15, -0.1) is 11.6 Å². The molecule has 2 nitrogen and oxygen atoms in total. The minimum absolute atomic E-state index is 0.480. The van der Waals surface area contributed by atoms with Crippen LogP contribution in [0.15, 0.2) is 22.7 Å². The van der Waals surface area contributed by atoms with E-state index >= 15 is 0 Å². The number of nitrogens with zero attached hydrogens (tertiary/aromatic N) is 2. The normalized spacial score (nSPS) is 23.2. The molecule has 17 heavy (non-hydrogen) atoms. The zero-order valence-corrected chi connectivity index (χ0v) is 12.0. The van der Waals surface area contributed by atoms with Crippen LogP contribution in [-0.2, 0) is 12.4 Å². The van der Waals surface area contributed by atoms with Gasteiger partial charge in [0, 0.05) is 11.0 Å². The summed E-state index contributed by atoms with van der Waals surface area (Å²) in [6.45, 7) is 3.36. The highest BCUT2D eigenvalue weighted by Gasteiger charge is 2.33. The van der Waals surface area contributed by atoms with Crippen molar-refractivity contribution >= 4 is 38.6 Å². The molecule has 1 aromatic heterocycles. The van der Waals surface area contributed by atoms with E-state index in [-0.39, 0.29) is 0 Å². The lowest BCUT2D eigenvalue weighted by atomic mass is 10.3. The summed E-state index contributed by atoms with van der Waals surface area (Å²) in [5.41, 5.74) is 2.23. The van der Waals surface area contributed by atoms with Gasteiger partial charge in [0.1, 0.15) is 5.82 Å². The molecule has 90 valence electrons. The van der Waals surface area contributed by atoms with Gasteiger partial charge in [0.05, 0.1) is 16.9 Å². The third-order valence-corrected chi connectivity index (χ3v) is 4.33. The number of hydrogen-bond acceptors (Lipinski definition) is 1. The number of aromatic nitrogens is 2.